The van der Waals surface area contributed by atoms with Crippen LogP contribution in [-0.4, -0.2) is 59.2 Å². The minimum Gasteiger partial charge on any atom is -0.372 e. The molecule has 2 atom stereocenters. The number of rotatable bonds is 3. The van der Waals surface area contributed by atoms with Crippen molar-refractivity contribution in [2.75, 3.05) is 31.1 Å². The summed E-state index contributed by atoms with van der Waals surface area (Å²) in [5, 5.41) is 0. The van der Waals surface area contributed by atoms with E-state index in [4.69, 9.17) is 14.7 Å². The highest BCUT2D eigenvalue weighted by molar-refractivity contribution is 5.79. The molecule has 2 aliphatic heterocycles. The molecule has 1 aliphatic carbocycles. The molecule has 2 saturated heterocycles. The van der Waals surface area contributed by atoms with Crippen molar-refractivity contribution in [3.63, 3.8) is 0 Å². The molecular weight excluding hydrogens is 388 g/mol. The number of piperidine rings is 1. The number of anilines is 1. The molecule has 2 fully saturated rings. The summed E-state index contributed by atoms with van der Waals surface area (Å²) in [6.07, 6.45) is 5.25. The van der Waals surface area contributed by atoms with Gasteiger partial charge in [-0.1, -0.05) is 30.3 Å². The number of carbonyl (C=O) groups excluding carboxylic acids is 1. The van der Waals surface area contributed by atoms with Crippen LogP contribution in [0.2, 0.25) is 0 Å². The van der Waals surface area contributed by atoms with Gasteiger partial charge in [0.2, 0.25) is 5.91 Å². The third kappa shape index (κ3) is 4.18. The summed E-state index contributed by atoms with van der Waals surface area (Å²) >= 11 is 0. The Bertz CT molecular complexity index is 930. The molecule has 1 aromatic heterocycles. The molecule has 164 valence electrons. The van der Waals surface area contributed by atoms with Crippen molar-refractivity contribution < 1.29 is 9.53 Å². The molecule has 5 rings (SSSR count). The molecule has 0 spiro atoms. The Hall–Kier alpha value is -2.47. The molecule has 31 heavy (non-hydrogen) atoms. The fourth-order valence-corrected chi connectivity index (χ4v) is 5.34. The van der Waals surface area contributed by atoms with E-state index in [1.54, 1.807) is 0 Å². The average molecular weight is 421 g/mol. The number of benzene rings is 1. The van der Waals surface area contributed by atoms with Crippen molar-refractivity contribution >= 4 is 11.7 Å². The van der Waals surface area contributed by atoms with Crippen LogP contribution in [0.25, 0.3) is 11.4 Å². The Labute approximate surface area is 184 Å². The number of hydrogen-bond donors (Lipinski definition) is 0. The van der Waals surface area contributed by atoms with Gasteiger partial charge in [-0.15, -0.1) is 0 Å². The number of ether oxygens (including phenoxy) is 1. The number of morpholine rings is 1. The number of carbonyl (C=O) groups is 1. The zero-order valence-electron chi connectivity index (χ0n) is 18.6. The van der Waals surface area contributed by atoms with Gasteiger partial charge in [0.05, 0.1) is 12.2 Å². The molecule has 6 heteroatoms. The van der Waals surface area contributed by atoms with E-state index in [0.29, 0.717) is 19.0 Å². The monoisotopic (exact) mass is 420 g/mol. The molecule has 3 heterocycles. The topological polar surface area (TPSA) is 58.6 Å². The smallest absolute Gasteiger partial charge is 0.225 e. The summed E-state index contributed by atoms with van der Waals surface area (Å²) in [6.45, 7) is 7.29. The molecule has 0 N–H and O–H groups in total. The molecular formula is C25H32N4O2. The highest BCUT2D eigenvalue weighted by atomic mass is 16.5. The standard InChI is InChI=1S/C25H32N4O2/c1-17-15-29(16-18(2)31-17)25(30)20-11-13-28(14-12-20)24-21-9-6-10-22(21)26-23(27-24)19-7-4-3-5-8-19/h3-5,7-8,17-18,20H,6,9-16H2,1-2H3/t17-,18+. The Balaban J connectivity index is 1.32. The van der Waals surface area contributed by atoms with Crippen LogP contribution in [0.5, 0.6) is 0 Å². The Kier molecular flexibility index (Phi) is 5.65. The maximum Gasteiger partial charge on any atom is 0.225 e. The van der Waals surface area contributed by atoms with Gasteiger partial charge in [0.25, 0.3) is 0 Å². The van der Waals surface area contributed by atoms with E-state index in [1.807, 2.05) is 23.1 Å². The fraction of sp³-hybridized carbons (Fsp3) is 0.560. The van der Waals surface area contributed by atoms with E-state index >= 15 is 0 Å². The van der Waals surface area contributed by atoms with Crippen LogP contribution in [0.15, 0.2) is 30.3 Å². The van der Waals surface area contributed by atoms with Crippen LogP contribution >= 0.6 is 0 Å². The number of hydrogen-bond acceptors (Lipinski definition) is 5. The Morgan fingerprint density at radius 3 is 2.42 bits per heavy atom. The number of aromatic nitrogens is 2. The van der Waals surface area contributed by atoms with Crippen LogP contribution in [0.4, 0.5) is 5.82 Å². The van der Waals surface area contributed by atoms with Crippen molar-refractivity contribution in [3.8, 4) is 11.4 Å². The van der Waals surface area contributed by atoms with Gasteiger partial charge in [-0.2, -0.15) is 0 Å². The van der Waals surface area contributed by atoms with E-state index in [-0.39, 0.29) is 18.1 Å². The molecule has 1 aromatic carbocycles. The zero-order chi connectivity index (χ0) is 21.4. The van der Waals surface area contributed by atoms with Gasteiger partial charge >= 0.3 is 0 Å². The summed E-state index contributed by atoms with van der Waals surface area (Å²) in [7, 11) is 0. The van der Waals surface area contributed by atoms with Gasteiger partial charge in [-0.25, -0.2) is 9.97 Å². The summed E-state index contributed by atoms with van der Waals surface area (Å²) in [5.41, 5.74) is 3.60. The highest BCUT2D eigenvalue weighted by Gasteiger charge is 2.34. The zero-order valence-corrected chi connectivity index (χ0v) is 18.6. The van der Waals surface area contributed by atoms with Crippen molar-refractivity contribution in [3.05, 3.63) is 41.6 Å². The van der Waals surface area contributed by atoms with E-state index < -0.39 is 0 Å². The predicted octanol–water partition coefficient (Wildman–Crippen LogP) is 3.48. The van der Waals surface area contributed by atoms with Gasteiger partial charge in [-0.05, 0) is 46.0 Å². The van der Waals surface area contributed by atoms with Crippen molar-refractivity contribution in [1.29, 1.82) is 0 Å². The van der Waals surface area contributed by atoms with Gasteiger partial charge in [-0.3, -0.25) is 4.79 Å². The van der Waals surface area contributed by atoms with Gasteiger partial charge in [0.1, 0.15) is 5.82 Å². The van der Waals surface area contributed by atoms with Gasteiger partial charge < -0.3 is 14.5 Å². The minimum atomic E-state index is 0.109. The molecule has 0 unspecified atom stereocenters. The van der Waals surface area contributed by atoms with Crippen LogP contribution in [0.3, 0.4) is 0 Å². The third-order valence-electron chi connectivity index (χ3n) is 6.82. The summed E-state index contributed by atoms with van der Waals surface area (Å²) in [4.78, 5) is 27.5. The SMILES string of the molecule is C[C@@H]1CN(C(=O)C2CCN(c3nc(-c4ccccc4)nc4c3CCC4)CC2)C[C@H](C)O1. The minimum absolute atomic E-state index is 0.109. The number of aryl methyl sites for hydroxylation is 1. The van der Waals surface area contributed by atoms with Crippen molar-refractivity contribution in [2.24, 2.45) is 5.92 Å². The first-order valence-electron chi connectivity index (χ1n) is 11.7. The maximum atomic E-state index is 13.1. The Morgan fingerprint density at radius 2 is 1.71 bits per heavy atom. The van der Waals surface area contributed by atoms with Gasteiger partial charge in [0.15, 0.2) is 5.82 Å². The second kappa shape index (κ2) is 8.58. The molecule has 0 radical (unpaired) electrons. The van der Waals surface area contributed by atoms with Crippen LogP contribution in [-0.2, 0) is 22.4 Å². The average Bonchev–Trinajstić information content (AvgIpc) is 3.27. The summed E-state index contributed by atoms with van der Waals surface area (Å²) in [6, 6.07) is 10.3. The van der Waals surface area contributed by atoms with Crippen molar-refractivity contribution in [1.82, 2.24) is 14.9 Å². The Morgan fingerprint density at radius 1 is 1.00 bits per heavy atom. The maximum absolute atomic E-state index is 13.1. The number of fused-ring (bicyclic) bond motifs is 1. The quantitative estimate of drug-likeness (QED) is 0.761. The molecule has 6 nitrogen and oxygen atoms in total. The lowest BCUT2D eigenvalue weighted by Gasteiger charge is -2.39. The van der Waals surface area contributed by atoms with Crippen LogP contribution < -0.4 is 4.90 Å². The normalized spacial score (nSPS) is 24.3. The molecule has 3 aliphatic rings. The largest absolute Gasteiger partial charge is 0.372 e. The molecule has 0 saturated carbocycles. The van der Waals surface area contributed by atoms with Crippen LogP contribution in [0.1, 0.15) is 44.4 Å². The third-order valence-corrected chi connectivity index (χ3v) is 6.82. The first kappa shape index (κ1) is 20.4. The summed E-state index contributed by atoms with van der Waals surface area (Å²) < 4.78 is 5.80. The predicted molar refractivity (Wildman–Crippen MR) is 121 cm³/mol. The molecule has 1 amide bonds. The second-order valence-electron chi connectivity index (χ2n) is 9.28. The molecule has 2 aromatic rings. The lowest BCUT2D eigenvalue weighted by atomic mass is 9.94. The number of amides is 1. The van der Waals surface area contributed by atoms with Crippen molar-refractivity contribution in [2.45, 2.75) is 58.2 Å². The highest BCUT2D eigenvalue weighted by Crippen LogP contribution is 2.34. The van der Waals surface area contributed by atoms with Crippen LogP contribution in [0, 0.1) is 5.92 Å². The van der Waals surface area contributed by atoms with E-state index in [0.717, 1.165) is 62.4 Å². The second-order valence-corrected chi connectivity index (χ2v) is 9.28. The van der Waals surface area contributed by atoms with E-state index in [9.17, 15) is 4.79 Å². The lowest BCUT2D eigenvalue weighted by molar-refractivity contribution is -0.148. The number of nitrogens with zero attached hydrogens (tertiary/aromatic N) is 4. The van der Waals surface area contributed by atoms with E-state index in [2.05, 4.69) is 30.9 Å². The first-order valence-corrected chi connectivity index (χ1v) is 11.7. The van der Waals surface area contributed by atoms with Gasteiger partial charge in [0, 0.05) is 48.9 Å². The van der Waals surface area contributed by atoms with E-state index in [1.165, 1.54) is 11.3 Å². The summed E-state index contributed by atoms with van der Waals surface area (Å²) in [5.74, 6) is 2.34. The molecule has 0 bridgehead atoms. The lowest BCUT2D eigenvalue weighted by Crippen LogP contribution is -2.51. The fourth-order valence-electron chi connectivity index (χ4n) is 5.34. The first-order chi connectivity index (χ1) is 15.1.